The third-order valence-corrected chi connectivity index (χ3v) is 4.20. The van der Waals surface area contributed by atoms with E-state index >= 15 is 0 Å². The Balaban J connectivity index is 2.42. The molecule has 0 aliphatic heterocycles. The van der Waals surface area contributed by atoms with Gasteiger partial charge in [0.15, 0.2) is 0 Å². The second-order valence-corrected chi connectivity index (χ2v) is 7.18. The Morgan fingerprint density at radius 3 is 2.29 bits per heavy atom. The summed E-state index contributed by atoms with van der Waals surface area (Å²) >= 11 is 0. The van der Waals surface area contributed by atoms with Crippen LogP contribution in [0.2, 0.25) is 0 Å². The molecule has 2 N–H and O–H groups in total. The molecule has 0 atom stereocenters. The first-order chi connectivity index (χ1) is 7.87. The molecule has 0 aromatic heterocycles. The second-order valence-electron chi connectivity index (χ2n) is 7.18. The van der Waals surface area contributed by atoms with Gasteiger partial charge < -0.3 is 10.4 Å². The van der Waals surface area contributed by atoms with Crippen LogP contribution in [0.15, 0.2) is 0 Å². The first kappa shape index (κ1) is 15.0. The molecular weight excluding hydrogens is 210 g/mol. The van der Waals surface area contributed by atoms with Crippen LogP contribution in [0, 0.1) is 10.8 Å². The molecule has 1 aliphatic rings. The van der Waals surface area contributed by atoms with Gasteiger partial charge in [0.25, 0.3) is 0 Å². The molecule has 1 fully saturated rings. The molecule has 1 rings (SSSR count). The largest absolute Gasteiger partial charge is 0.393 e. The van der Waals surface area contributed by atoms with E-state index < -0.39 is 0 Å². The average Bonchev–Trinajstić information content (AvgIpc) is 2.21. The molecule has 17 heavy (non-hydrogen) atoms. The molecule has 1 saturated carbocycles. The van der Waals surface area contributed by atoms with Gasteiger partial charge in [0.1, 0.15) is 0 Å². The van der Waals surface area contributed by atoms with Crippen LogP contribution in [0.3, 0.4) is 0 Å². The highest BCUT2D eigenvalue weighted by Crippen LogP contribution is 2.41. The zero-order chi connectivity index (χ0) is 12.9. The molecule has 0 spiro atoms. The van der Waals surface area contributed by atoms with Crippen LogP contribution in [-0.4, -0.2) is 24.8 Å². The van der Waals surface area contributed by atoms with E-state index in [9.17, 15) is 5.11 Å². The summed E-state index contributed by atoms with van der Waals surface area (Å²) in [6.07, 6.45) is 8.29. The van der Waals surface area contributed by atoms with E-state index in [0.29, 0.717) is 10.8 Å². The lowest BCUT2D eigenvalue weighted by Crippen LogP contribution is -2.37. The molecular formula is C15H31NO. The topological polar surface area (TPSA) is 32.3 Å². The zero-order valence-electron chi connectivity index (χ0n) is 12.2. The van der Waals surface area contributed by atoms with Crippen molar-refractivity contribution in [3.63, 3.8) is 0 Å². The van der Waals surface area contributed by atoms with Crippen molar-refractivity contribution in [2.24, 2.45) is 10.8 Å². The Morgan fingerprint density at radius 1 is 1.24 bits per heavy atom. The fraction of sp³-hybridized carbons (Fsp3) is 1.00. The summed E-state index contributed by atoms with van der Waals surface area (Å²) in [4.78, 5) is 0. The van der Waals surface area contributed by atoms with Crippen molar-refractivity contribution in [3.8, 4) is 0 Å². The van der Waals surface area contributed by atoms with E-state index in [1.807, 2.05) is 0 Å². The SMILES string of the molecule is CNCC1(CCCC(C)(C)C)CCC(O)CC1. The maximum absolute atomic E-state index is 9.64. The minimum atomic E-state index is -0.0393. The standard InChI is InChI=1S/C15H31NO/c1-14(2,3)8-5-9-15(12-16-4)10-6-13(17)7-11-15/h13,16-17H,5-12H2,1-4H3. The molecule has 2 heteroatoms. The summed E-state index contributed by atoms with van der Waals surface area (Å²) in [6.45, 7) is 8.08. The smallest absolute Gasteiger partial charge is 0.0540 e. The van der Waals surface area contributed by atoms with E-state index in [1.165, 1.54) is 32.1 Å². The zero-order valence-corrected chi connectivity index (χ0v) is 12.2. The molecule has 2 nitrogen and oxygen atoms in total. The minimum absolute atomic E-state index is 0.0393. The van der Waals surface area contributed by atoms with E-state index in [-0.39, 0.29) is 6.10 Å². The van der Waals surface area contributed by atoms with E-state index in [4.69, 9.17) is 0 Å². The van der Waals surface area contributed by atoms with Gasteiger partial charge in [0.05, 0.1) is 6.10 Å². The normalized spacial score (nSPS) is 30.5. The van der Waals surface area contributed by atoms with E-state index in [0.717, 1.165) is 19.4 Å². The van der Waals surface area contributed by atoms with Crippen molar-refractivity contribution in [2.45, 2.75) is 71.8 Å². The maximum atomic E-state index is 9.64. The van der Waals surface area contributed by atoms with Crippen molar-refractivity contribution in [1.29, 1.82) is 0 Å². The van der Waals surface area contributed by atoms with Crippen LogP contribution in [0.1, 0.15) is 65.7 Å². The van der Waals surface area contributed by atoms with E-state index in [1.54, 1.807) is 0 Å². The molecule has 0 unspecified atom stereocenters. The van der Waals surface area contributed by atoms with Crippen LogP contribution in [0.25, 0.3) is 0 Å². The molecule has 0 amide bonds. The fourth-order valence-corrected chi connectivity index (χ4v) is 3.10. The van der Waals surface area contributed by atoms with Crippen LogP contribution in [-0.2, 0) is 0 Å². The van der Waals surface area contributed by atoms with Crippen molar-refractivity contribution < 1.29 is 5.11 Å². The summed E-state index contributed by atoms with van der Waals surface area (Å²) < 4.78 is 0. The van der Waals surface area contributed by atoms with Crippen LogP contribution >= 0.6 is 0 Å². The highest BCUT2D eigenvalue weighted by atomic mass is 16.3. The molecule has 0 saturated heterocycles. The van der Waals surface area contributed by atoms with Gasteiger partial charge in [-0.05, 0) is 56.4 Å². The first-order valence-corrected chi connectivity index (χ1v) is 7.20. The number of aliphatic hydroxyl groups is 1. The summed E-state index contributed by atoms with van der Waals surface area (Å²) in [5.41, 5.74) is 0.911. The second kappa shape index (κ2) is 6.19. The number of rotatable bonds is 5. The van der Waals surface area contributed by atoms with Gasteiger partial charge in [-0.3, -0.25) is 0 Å². The van der Waals surface area contributed by atoms with Gasteiger partial charge in [-0.15, -0.1) is 0 Å². The van der Waals surface area contributed by atoms with Gasteiger partial charge in [-0.25, -0.2) is 0 Å². The predicted octanol–water partition coefficient (Wildman–Crippen LogP) is 3.34. The lowest BCUT2D eigenvalue weighted by molar-refractivity contribution is 0.0550. The number of aliphatic hydroxyl groups excluding tert-OH is 1. The Bertz CT molecular complexity index is 211. The van der Waals surface area contributed by atoms with Crippen molar-refractivity contribution >= 4 is 0 Å². The van der Waals surface area contributed by atoms with Crippen LogP contribution < -0.4 is 5.32 Å². The molecule has 0 bridgehead atoms. The first-order valence-electron chi connectivity index (χ1n) is 7.20. The highest BCUT2D eigenvalue weighted by Gasteiger charge is 2.33. The van der Waals surface area contributed by atoms with E-state index in [2.05, 4.69) is 33.1 Å². The maximum Gasteiger partial charge on any atom is 0.0540 e. The molecule has 0 radical (unpaired) electrons. The van der Waals surface area contributed by atoms with Gasteiger partial charge in [-0.2, -0.15) is 0 Å². The minimum Gasteiger partial charge on any atom is -0.393 e. The molecule has 1 aliphatic carbocycles. The quantitative estimate of drug-likeness (QED) is 0.773. The van der Waals surface area contributed by atoms with Crippen LogP contribution in [0.4, 0.5) is 0 Å². The molecule has 0 heterocycles. The lowest BCUT2D eigenvalue weighted by atomic mass is 9.69. The summed E-state index contributed by atoms with van der Waals surface area (Å²) in [7, 11) is 2.05. The van der Waals surface area contributed by atoms with Crippen LogP contribution in [0.5, 0.6) is 0 Å². The molecule has 0 aromatic rings. The molecule has 0 aromatic carbocycles. The van der Waals surface area contributed by atoms with Gasteiger partial charge in [0, 0.05) is 6.54 Å². The number of hydrogen-bond donors (Lipinski definition) is 2. The van der Waals surface area contributed by atoms with Gasteiger partial charge >= 0.3 is 0 Å². The van der Waals surface area contributed by atoms with Crippen molar-refractivity contribution in [3.05, 3.63) is 0 Å². The monoisotopic (exact) mass is 241 g/mol. The van der Waals surface area contributed by atoms with Gasteiger partial charge in [0.2, 0.25) is 0 Å². The fourth-order valence-electron chi connectivity index (χ4n) is 3.10. The Kier molecular flexibility index (Phi) is 5.46. The lowest BCUT2D eigenvalue weighted by Gasteiger charge is -2.39. The number of hydrogen-bond acceptors (Lipinski definition) is 2. The Hall–Kier alpha value is -0.0800. The third kappa shape index (κ3) is 5.39. The Morgan fingerprint density at radius 2 is 1.82 bits per heavy atom. The third-order valence-electron chi connectivity index (χ3n) is 4.20. The molecule has 102 valence electrons. The van der Waals surface area contributed by atoms with Crippen molar-refractivity contribution in [2.75, 3.05) is 13.6 Å². The summed E-state index contributed by atoms with van der Waals surface area (Å²) in [5, 5.41) is 13.0. The highest BCUT2D eigenvalue weighted by molar-refractivity contribution is 4.87. The summed E-state index contributed by atoms with van der Waals surface area (Å²) in [5.74, 6) is 0. The predicted molar refractivity (Wildman–Crippen MR) is 74.1 cm³/mol. The van der Waals surface area contributed by atoms with Gasteiger partial charge in [-0.1, -0.05) is 27.2 Å². The summed E-state index contributed by atoms with van der Waals surface area (Å²) in [6, 6.07) is 0. The Labute approximate surface area is 107 Å². The van der Waals surface area contributed by atoms with Crippen molar-refractivity contribution in [1.82, 2.24) is 5.32 Å². The average molecular weight is 241 g/mol. The number of nitrogens with one attached hydrogen (secondary N) is 1.